The Morgan fingerprint density at radius 1 is 1.43 bits per heavy atom. The van der Waals surface area contributed by atoms with E-state index in [4.69, 9.17) is 4.52 Å². The molecule has 0 saturated heterocycles. The van der Waals surface area contributed by atoms with Crippen LogP contribution in [-0.4, -0.2) is 17.1 Å². The number of amides is 1. The molecule has 0 bridgehead atoms. The van der Waals surface area contributed by atoms with Gasteiger partial charge in [0.2, 0.25) is 0 Å². The molecule has 106 valence electrons. The van der Waals surface area contributed by atoms with E-state index in [1.54, 1.807) is 24.4 Å². The molecule has 1 aromatic heterocycles. The summed E-state index contributed by atoms with van der Waals surface area (Å²) in [5, 5.41) is 16.7. The Balaban J connectivity index is 1.80. The third-order valence-electron chi connectivity index (χ3n) is 3.74. The van der Waals surface area contributed by atoms with Crippen molar-refractivity contribution in [3.05, 3.63) is 35.5 Å². The smallest absolute Gasteiger partial charge is 0.262 e. The second-order valence-electron chi connectivity index (χ2n) is 5.25. The summed E-state index contributed by atoms with van der Waals surface area (Å²) < 4.78 is 5.03. The minimum Gasteiger partial charge on any atom is -0.356 e. The number of rotatable bonds is 3. The summed E-state index contributed by atoms with van der Waals surface area (Å²) >= 11 is 0. The summed E-state index contributed by atoms with van der Waals surface area (Å²) in [6.45, 7) is 0. The van der Waals surface area contributed by atoms with Crippen LogP contribution in [0.15, 0.2) is 34.5 Å². The van der Waals surface area contributed by atoms with Crippen LogP contribution in [0.3, 0.4) is 0 Å². The number of benzene rings is 1. The maximum Gasteiger partial charge on any atom is 0.262 e. The van der Waals surface area contributed by atoms with Gasteiger partial charge in [0.25, 0.3) is 5.91 Å². The van der Waals surface area contributed by atoms with Crippen molar-refractivity contribution >= 4 is 23.0 Å². The van der Waals surface area contributed by atoms with Crippen molar-refractivity contribution in [3.63, 3.8) is 0 Å². The first-order chi connectivity index (χ1) is 10.3. The average Bonchev–Trinajstić information content (AvgIpc) is 3.14. The molecule has 1 fully saturated rings. The first-order valence-electron chi connectivity index (χ1n) is 7.03. The molecule has 5 nitrogen and oxygen atoms in total. The molecule has 1 aliphatic carbocycles. The third kappa shape index (κ3) is 2.95. The van der Waals surface area contributed by atoms with E-state index in [9.17, 15) is 10.1 Å². The first-order valence-corrected chi connectivity index (χ1v) is 7.03. The Labute approximate surface area is 122 Å². The number of carbonyl (C=O) groups excluding carboxylic acids is 1. The standard InChI is InChI=1S/C16H15N3O2/c17-9-12(16(20)19-14-3-1-2-4-14)7-11-5-6-15-13(8-11)10-18-21-15/h5-8,10,14H,1-4H2,(H,19,20)/b12-7-. The second kappa shape index (κ2) is 5.80. The van der Waals surface area contributed by atoms with Crippen LogP contribution in [0.2, 0.25) is 0 Å². The zero-order valence-corrected chi connectivity index (χ0v) is 11.5. The topological polar surface area (TPSA) is 78.9 Å². The van der Waals surface area contributed by atoms with Gasteiger partial charge in [-0.25, -0.2) is 0 Å². The summed E-state index contributed by atoms with van der Waals surface area (Å²) in [6.07, 6.45) is 7.48. The van der Waals surface area contributed by atoms with Gasteiger partial charge >= 0.3 is 0 Å². The Hall–Kier alpha value is -2.61. The minimum absolute atomic E-state index is 0.123. The SMILES string of the molecule is N#C/C(=C/c1ccc2oncc2c1)C(=O)NC1CCCC1. The maximum atomic E-state index is 12.1. The first kappa shape index (κ1) is 13.4. The molecule has 1 aromatic carbocycles. The van der Waals surface area contributed by atoms with Crippen molar-refractivity contribution in [2.75, 3.05) is 0 Å². The van der Waals surface area contributed by atoms with Crippen LogP contribution >= 0.6 is 0 Å². The Kier molecular flexibility index (Phi) is 3.69. The van der Waals surface area contributed by atoms with Gasteiger partial charge in [-0.05, 0) is 36.6 Å². The lowest BCUT2D eigenvalue weighted by molar-refractivity contribution is -0.117. The fourth-order valence-electron chi connectivity index (χ4n) is 2.63. The molecule has 21 heavy (non-hydrogen) atoms. The van der Waals surface area contributed by atoms with Crippen molar-refractivity contribution in [1.82, 2.24) is 10.5 Å². The number of nitriles is 1. The van der Waals surface area contributed by atoms with Gasteiger partial charge in [-0.15, -0.1) is 0 Å². The lowest BCUT2D eigenvalue weighted by atomic mass is 10.1. The molecule has 1 heterocycles. The van der Waals surface area contributed by atoms with E-state index >= 15 is 0 Å². The monoisotopic (exact) mass is 281 g/mol. The van der Waals surface area contributed by atoms with Gasteiger partial charge in [-0.2, -0.15) is 5.26 Å². The van der Waals surface area contributed by atoms with E-state index in [0.717, 1.165) is 36.6 Å². The lowest BCUT2D eigenvalue weighted by Gasteiger charge is -2.10. The van der Waals surface area contributed by atoms with E-state index in [2.05, 4.69) is 10.5 Å². The van der Waals surface area contributed by atoms with Crippen LogP contribution < -0.4 is 5.32 Å². The van der Waals surface area contributed by atoms with Gasteiger partial charge in [-0.1, -0.05) is 24.1 Å². The predicted molar refractivity (Wildman–Crippen MR) is 78.0 cm³/mol. The van der Waals surface area contributed by atoms with Crippen LogP contribution in [0, 0.1) is 11.3 Å². The lowest BCUT2D eigenvalue weighted by Crippen LogP contribution is -2.33. The molecule has 1 aliphatic rings. The van der Waals surface area contributed by atoms with Gasteiger partial charge in [-0.3, -0.25) is 4.79 Å². The predicted octanol–water partition coefficient (Wildman–Crippen LogP) is 2.79. The fourth-order valence-corrected chi connectivity index (χ4v) is 2.63. The van der Waals surface area contributed by atoms with Crippen LogP contribution in [-0.2, 0) is 4.79 Å². The van der Waals surface area contributed by atoms with Gasteiger partial charge in [0.15, 0.2) is 5.58 Å². The second-order valence-corrected chi connectivity index (χ2v) is 5.25. The van der Waals surface area contributed by atoms with Crippen LogP contribution in [0.5, 0.6) is 0 Å². The number of hydrogen-bond donors (Lipinski definition) is 1. The largest absolute Gasteiger partial charge is 0.356 e. The highest BCUT2D eigenvalue weighted by molar-refractivity contribution is 6.02. The number of hydrogen-bond acceptors (Lipinski definition) is 4. The Morgan fingerprint density at radius 2 is 2.24 bits per heavy atom. The summed E-state index contributed by atoms with van der Waals surface area (Å²) in [5.74, 6) is -0.296. The molecule has 0 spiro atoms. The Morgan fingerprint density at radius 3 is 3.00 bits per heavy atom. The normalized spacial score (nSPS) is 16.0. The maximum absolute atomic E-state index is 12.1. The van der Waals surface area contributed by atoms with E-state index in [1.165, 1.54) is 0 Å². The molecule has 1 N–H and O–H groups in total. The molecule has 0 aliphatic heterocycles. The van der Waals surface area contributed by atoms with Gasteiger partial charge in [0.05, 0.1) is 6.20 Å². The summed E-state index contributed by atoms with van der Waals surface area (Å²) in [7, 11) is 0. The van der Waals surface area contributed by atoms with Crippen molar-refractivity contribution in [2.45, 2.75) is 31.7 Å². The van der Waals surface area contributed by atoms with Crippen LogP contribution in [0.4, 0.5) is 0 Å². The number of fused-ring (bicyclic) bond motifs is 1. The summed E-state index contributed by atoms with van der Waals surface area (Å²) in [4.78, 5) is 12.1. The van der Waals surface area contributed by atoms with E-state index in [-0.39, 0.29) is 17.5 Å². The molecular formula is C16H15N3O2. The zero-order chi connectivity index (χ0) is 14.7. The molecular weight excluding hydrogens is 266 g/mol. The summed E-state index contributed by atoms with van der Waals surface area (Å²) in [6, 6.07) is 7.59. The van der Waals surface area contributed by atoms with Crippen LogP contribution in [0.1, 0.15) is 31.2 Å². The van der Waals surface area contributed by atoms with Crippen molar-refractivity contribution in [1.29, 1.82) is 5.26 Å². The molecule has 0 radical (unpaired) electrons. The highest BCUT2D eigenvalue weighted by Gasteiger charge is 2.19. The number of aromatic nitrogens is 1. The molecule has 1 amide bonds. The number of nitrogens with zero attached hydrogens (tertiary/aromatic N) is 2. The Bertz CT molecular complexity index is 733. The average molecular weight is 281 g/mol. The molecule has 3 rings (SSSR count). The van der Waals surface area contributed by atoms with E-state index in [1.807, 2.05) is 12.1 Å². The van der Waals surface area contributed by atoms with E-state index < -0.39 is 0 Å². The number of carbonyl (C=O) groups is 1. The van der Waals surface area contributed by atoms with Crippen LogP contribution in [0.25, 0.3) is 17.0 Å². The van der Waals surface area contributed by atoms with Gasteiger partial charge in [0.1, 0.15) is 11.6 Å². The summed E-state index contributed by atoms with van der Waals surface area (Å²) in [5.41, 5.74) is 1.59. The molecule has 2 aromatic rings. The molecule has 1 saturated carbocycles. The van der Waals surface area contributed by atoms with Crippen molar-refractivity contribution < 1.29 is 9.32 Å². The molecule has 0 atom stereocenters. The minimum atomic E-state index is -0.296. The van der Waals surface area contributed by atoms with Crippen molar-refractivity contribution in [3.8, 4) is 6.07 Å². The highest BCUT2D eigenvalue weighted by atomic mass is 16.5. The zero-order valence-electron chi connectivity index (χ0n) is 11.5. The highest BCUT2D eigenvalue weighted by Crippen LogP contribution is 2.19. The fraction of sp³-hybridized carbons (Fsp3) is 0.312. The van der Waals surface area contributed by atoms with Gasteiger partial charge < -0.3 is 9.84 Å². The third-order valence-corrected chi connectivity index (χ3v) is 3.74. The van der Waals surface area contributed by atoms with Crippen molar-refractivity contribution in [2.24, 2.45) is 0 Å². The molecule has 0 unspecified atom stereocenters. The van der Waals surface area contributed by atoms with E-state index in [0.29, 0.717) is 5.58 Å². The quantitative estimate of drug-likeness (QED) is 0.693. The van der Waals surface area contributed by atoms with Gasteiger partial charge in [0, 0.05) is 11.4 Å². The molecule has 5 heteroatoms. The number of nitrogens with one attached hydrogen (secondary N) is 1.